The summed E-state index contributed by atoms with van der Waals surface area (Å²) < 4.78 is 10.7. The third-order valence-corrected chi connectivity index (χ3v) is 5.43. The Morgan fingerprint density at radius 1 is 1.19 bits per heavy atom. The first-order valence-electron chi connectivity index (χ1n) is 9.49. The van der Waals surface area contributed by atoms with Crippen LogP contribution in [-0.4, -0.2) is 49.0 Å². The molecule has 0 aliphatic rings. The van der Waals surface area contributed by atoms with E-state index in [1.165, 1.54) is 23.3 Å². The summed E-state index contributed by atoms with van der Waals surface area (Å²) in [4.78, 5) is 30.9. The number of carbonyl (C=O) groups excluding carboxylic acids is 2. The van der Waals surface area contributed by atoms with E-state index in [1.807, 2.05) is 31.2 Å². The molecular weight excluding hydrogens is 438 g/mol. The molecule has 0 spiro atoms. The van der Waals surface area contributed by atoms with Gasteiger partial charge in [-0.1, -0.05) is 11.6 Å². The van der Waals surface area contributed by atoms with Gasteiger partial charge >= 0.3 is 0 Å². The van der Waals surface area contributed by atoms with E-state index in [9.17, 15) is 9.59 Å². The number of halogens is 1. The predicted molar refractivity (Wildman–Crippen MR) is 122 cm³/mol. The second kappa shape index (κ2) is 10.3. The van der Waals surface area contributed by atoms with Crippen molar-refractivity contribution in [3.8, 4) is 22.1 Å². The van der Waals surface area contributed by atoms with Gasteiger partial charge < -0.3 is 19.7 Å². The van der Waals surface area contributed by atoms with Crippen LogP contribution in [0.3, 0.4) is 0 Å². The van der Waals surface area contributed by atoms with Crippen LogP contribution in [-0.2, 0) is 4.79 Å². The molecule has 0 saturated heterocycles. The molecule has 162 valence electrons. The molecule has 31 heavy (non-hydrogen) atoms. The Balaban J connectivity index is 1.64. The van der Waals surface area contributed by atoms with E-state index in [0.717, 1.165) is 11.3 Å². The molecule has 0 radical (unpaired) electrons. The zero-order valence-corrected chi connectivity index (χ0v) is 18.9. The molecule has 3 aromatic rings. The maximum atomic E-state index is 12.7. The topological polar surface area (TPSA) is 80.8 Å². The quantitative estimate of drug-likeness (QED) is 0.533. The molecular formula is C22H22ClN3O4S. The van der Waals surface area contributed by atoms with Gasteiger partial charge in [0.15, 0.2) is 0 Å². The average Bonchev–Trinajstić information content (AvgIpc) is 3.24. The van der Waals surface area contributed by atoms with Gasteiger partial charge in [0.2, 0.25) is 5.91 Å². The number of anilines is 1. The van der Waals surface area contributed by atoms with E-state index in [4.69, 9.17) is 21.1 Å². The molecule has 0 bridgehead atoms. The van der Waals surface area contributed by atoms with Crippen molar-refractivity contribution in [3.63, 3.8) is 0 Å². The van der Waals surface area contributed by atoms with E-state index in [1.54, 1.807) is 30.6 Å². The normalized spacial score (nSPS) is 10.5. The molecule has 7 nitrogen and oxygen atoms in total. The predicted octanol–water partition coefficient (Wildman–Crippen LogP) is 4.58. The first-order chi connectivity index (χ1) is 14.9. The second-order valence-electron chi connectivity index (χ2n) is 6.55. The number of nitrogens with zero attached hydrogens (tertiary/aromatic N) is 2. The standard InChI is InChI=1S/C22H22ClN3O4S/c1-4-30-16-8-5-14(6-9-16)21-25-18(13-31-21)22(28)26(2)12-20(27)24-17-11-15(23)7-10-19(17)29-3/h5-11,13H,4,12H2,1-3H3,(H,24,27). The lowest BCUT2D eigenvalue weighted by Crippen LogP contribution is -2.35. The molecule has 0 aliphatic heterocycles. The van der Waals surface area contributed by atoms with Crippen molar-refractivity contribution in [2.45, 2.75) is 6.92 Å². The lowest BCUT2D eigenvalue weighted by Gasteiger charge is -2.16. The lowest BCUT2D eigenvalue weighted by atomic mass is 10.2. The van der Waals surface area contributed by atoms with Gasteiger partial charge in [-0.3, -0.25) is 9.59 Å². The summed E-state index contributed by atoms with van der Waals surface area (Å²) in [6, 6.07) is 12.4. The molecule has 0 fully saturated rings. The molecule has 1 heterocycles. The monoisotopic (exact) mass is 459 g/mol. The van der Waals surface area contributed by atoms with Crippen molar-refractivity contribution >= 4 is 40.4 Å². The Bertz CT molecular complexity index is 1070. The molecule has 2 amide bonds. The highest BCUT2D eigenvalue weighted by molar-refractivity contribution is 7.13. The van der Waals surface area contributed by atoms with E-state index >= 15 is 0 Å². The van der Waals surface area contributed by atoms with Crippen LogP contribution in [0, 0.1) is 0 Å². The van der Waals surface area contributed by atoms with Crippen molar-refractivity contribution in [1.82, 2.24) is 9.88 Å². The van der Waals surface area contributed by atoms with Crippen molar-refractivity contribution in [2.24, 2.45) is 0 Å². The van der Waals surface area contributed by atoms with E-state index in [2.05, 4.69) is 10.3 Å². The highest BCUT2D eigenvalue weighted by Crippen LogP contribution is 2.28. The highest BCUT2D eigenvalue weighted by Gasteiger charge is 2.19. The number of carbonyl (C=O) groups is 2. The van der Waals surface area contributed by atoms with Crippen molar-refractivity contribution < 1.29 is 19.1 Å². The summed E-state index contributed by atoms with van der Waals surface area (Å²) in [5.74, 6) is 0.535. The van der Waals surface area contributed by atoms with E-state index in [-0.39, 0.29) is 24.1 Å². The maximum Gasteiger partial charge on any atom is 0.273 e. The molecule has 0 aliphatic carbocycles. The minimum atomic E-state index is -0.376. The summed E-state index contributed by atoms with van der Waals surface area (Å²) >= 11 is 7.35. The SMILES string of the molecule is CCOc1ccc(-c2nc(C(=O)N(C)CC(=O)Nc3cc(Cl)ccc3OC)cs2)cc1. The summed E-state index contributed by atoms with van der Waals surface area (Å²) in [6.45, 7) is 2.37. The van der Waals surface area contributed by atoms with Gasteiger partial charge in [-0.05, 0) is 49.4 Å². The largest absolute Gasteiger partial charge is 0.495 e. The third-order valence-electron chi connectivity index (χ3n) is 4.30. The Morgan fingerprint density at radius 3 is 2.61 bits per heavy atom. The van der Waals surface area contributed by atoms with Crippen LogP contribution >= 0.6 is 22.9 Å². The summed E-state index contributed by atoms with van der Waals surface area (Å²) in [5, 5.41) is 5.58. The number of ether oxygens (including phenoxy) is 2. The van der Waals surface area contributed by atoms with Crippen molar-refractivity contribution in [1.29, 1.82) is 0 Å². The molecule has 0 atom stereocenters. The maximum absolute atomic E-state index is 12.7. The number of amides is 2. The average molecular weight is 460 g/mol. The number of hydrogen-bond acceptors (Lipinski definition) is 6. The Kier molecular flexibility index (Phi) is 7.49. The first kappa shape index (κ1) is 22.6. The van der Waals surface area contributed by atoms with Crippen LogP contribution in [0.4, 0.5) is 5.69 Å². The third kappa shape index (κ3) is 5.74. The number of thiazole rings is 1. The molecule has 0 unspecified atom stereocenters. The van der Waals surface area contributed by atoms with E-state index in [0.29, 0.717) is 28.1 Å². The van der Waals surface area contributed by atoms with Gasteiger partial charge in [0, 0.05) is 23.0 Å². The van der Waals surface area contributed by atoms with Crippen LogP contribution in [0.25, 0.3) is 10.6 Å². The van der Waals surface area contributed by atoms with Crippen LogP contribution in [0.5, 0.6) is 11.5 Å². The highest BCUT2D eigenvalue weighted by atomic mass is 35.5. The van der Waals surface area contributed by atoms with Crippen molar-refractivity contribution in [2.75, 3.05) is 32.6 Å². The number of aromatic nitrogens is 1. The van der Waals surface area contributed by atoms with Gasteiger partial charge in [0.25, 0.3) is 5.91 Å². The Labute approximate surface area is 189 Å². The smallest absolute Gasteiger partial charge is 0.273 e. The van der Waals surface area contributed by atoms with Gasteiger partial charge in [-0.25, -0.2) is 4.98 Å². The fourth-order valence-corrected chi connectivity index (χ4v) is 3.79. The summed E-state index contributed by atoms with van der Waals surface area (Å²) in [7, 11) is 3.05. The summed E-state index contributed by atoms with van der Waals surface area (Å²) in [6.07, 6.45) is 0. The van der Waals surface area contributed by atoms with Crippen LogP contribution in [0.1, 0.15) is 17.4 Å². The number of rotatable bonds is 8. The first-order valence-corrected chi connectivity index (χ1v) is 10.7. The van der Waals surface area contributed by atoms with E-state index < -0.39 is 0 Å². The van der Waals surface area contributed by atoms with Gasteiger partial charge in [0.1, 0.15) is 22.2 Å². The minimum Gasteiger partial charge on any atom is -0.495 e. The number of nitrogens with one attached hydrogen (secondary N) is 1. The van der Waals surface area contributed by atoms with Gasteiger partial charge in [-0.2, -0.15) is 0 Å². The Morgan fingerprint density at radius 2 is 1.94 bits per heavy atom. The lowest BCUT2D eigenvalue weighted by molar-refractivity contribution is -0.116. The Hall–Kier alpha value is -3.10. The number of benzene rings is 2. The van der Waals surface area contributed by atoms with Crippen LogP contribution in [0.2, 0.25) is 5.02 Å². The fraction of sp³-hybridized carbons (Fsp3) is 0.227. The second-order valence-corrected chi connectivity index (χ2v) is 7.84. The molecule has 1 aromatic heterocycles. The molecule has 3 rings (SSSR count). The van der Waals surface area contributed by atoms with Crippen LogP contribution < -0.4 is 14.8 Å². The zero-order chi connectivity index (χ0) is 22.4. The minimum absolute atomic E-state index is 0.148. The van der Waals surface area contributed by atoms with Crippen molar-refractivity contribution in [3.05, 3.63) is 58.6 Å². The zero-order valence-electron chi connectivity index (χ0n) is 17.3. The van der Waals surface area contributed by atoms with Gasteiger partial charge in [0.05, 0.1) is 25.9 Å². The number of hydrogen-bond donors (Lipinski definition) is 1. The number of likely N-dealkylation sites (N-methyl/N-ethyl adjacent to an activating group) is 1. The molecule has 2 aromatic carbocycles. The number of methoxy groups -OCH3 is 1. The molecule has 1 N–H and O–H groups in total. The summed E-state index contributed by atoms with van der Waals surface area (Å²) in [5.41, 5.74) is 1.61. The fourth-order valence-electron chi connectivity index (χ4n) is 2.82. The van der Waals surface area contributed by atoms with Gasteiger partial charge in [-0.15, -0.1) is 11.3 Å². The van der Waals surface area contributed by atoms with Crippen LogP contribution in [0.15, 0.2) is 47.8 Å². The molecule has 0 saturated carbocycles. The molecule has 9 heteroatoms.